The Morgan fingerprint density at radius 3 is 2.83 bits per heavy atom. The Morgan fingerprint density at radius 2 is 2.17 bits per heavy atom. The Morgan fingerprint density at radius 1 is 1.39 bits per heavy atom. The van der Waals surface area contributed by atoms with Crippen LogP contribution in [0, 0.1) is 5.92 Å². The number of anilines is 2. The first kappa shape index (κ1) is 13.1. The van der Waals surface area contributed by atoms with Crippen molar-refractivity contribution in [2.24, 2.45) is 5.92 Å². The van der Waals surface area contributed by atoms with Crippen molar-refractivity contribution in [1.82, 2.24) is 9.97 Å². The number of nitrogen functional groups attached to an aromatic ring is 1. The molecule has 0 saturated heterocycles. The highest BCUT2D eigenvalue weighted by Crippen LogP contribution is 2.29. The number of rotatable bonds is 5. The van der Waals surface area contributed by atoms with Crippen LogP contribution in [0.4, 0.5) is 11.8 Å². The first-order valence-electron chi connectivity index (χ1n) is 6.43. The normalized spacial score (nSPS) is 12.8. The van der Waals surface area contributed by atoms with Gasteiger partial charge in [0.05, 0.1) is 5.39 Å². The molecule has 4 nitrogen and oxygen atoms in total. The first-order valence-corrected chi connectivity index (χ1v) is 7.25. The van der Waals surface area contributed by atoms with Gasteiger partial charge in [0.25, 0.3) is 0 Å². The van der Waals surface area contributed by atoms with Gasteiger partial charge in [-0.05, 0) is 18.4 Å². The molecule has 0 saturated carbocycles. The van der Waals surface area contributed by atoms with Crippen LogP contribution in [0.5, 0.6) is 0 Å². The zero-order valence-corrected chi connectivity index (χ0v) is 12.0. The predicted octanol–water partition coefficient (Wildman–Crippen LogP) is 3.29. The molecule has 0 aromatic carbocycles. The van der Waals surface area contributed by atoms with Crippen molar-refractivity contribution in [2.75, 3.05) is 17.6 Å². The molecule has 0 fully saturated rings. The summed E-state index contributed by atoms with van der Waals surface area (Å²) in [5.41, 5.74) is 5.76. The van der Waals surface area contributed by atoms with Crippen molar-refractivity contribution in [3.8, 4) is 0 Å². The van der Waals surface area contributed by atoms with Gasteiger partial charge < -0.3 is 11.1 Å². The van der Waals surface area contributed by atoms with E-state index in [4.69, 9.17) is 5.73 Å². The Kier molecular flexibility index (Phi) is 4.01. The number of aryl methyl sites for hydroxylation is 1. The fourth-order valence-electron chi connectivity index (χ4n) is 1.71. The van der Waals surface area contributed by atoms with Crippen molar-refractivity contribution in [3.05, 3.63) is 10.9 Å². The van der Waals surface area contributed by atoms with Gasteiger partial charge in [0.1, 0.15) is 10.6 Å². The molecule has 0 aliphatic carbocycles. The third-order valence-electron chi connectivity index (χ3n) is 3.12. The predicted molar refractivity (Wildman–Crippen MR) is 79.2 cm³/mol. The molecular weight excluding hydrogens is 244 g/mol. The molecule has 0 spiro atoms. The number of hydrogen-bond acceptors (Lipinski definition) is 5. The fraction of sp³-hybridized carbons (Fsp3) is 0.538. The van der Waals surface area contributed by atoms with Crippen LogP contribution in [0.2, 0.25) is 0 Å². The second-order valence-corrected chi connectivity index (χ2v) is 5.73. The van der Waals surface area contributed by atoms with E-state index in [9.17, 15) is 0 Å². The van der Waals surface area contributed by atoms with Crippen LogP contribution in [0.25, 0.3) is 10.2 Å². The summed E-state index contributed by atoms with van der Waals surface area (Å²) in [6.07, 6.45) is 2.17. The average molecular weight is 264 g/mol. The van der Waals surface area contributed by atoms with Crippen molar-refractivity contribution in [3.63, 3.8) is 0 Å². The quantitative estimate of drug-likeness (QED) is 0.869. The Labute approximate surface area is 112 Å². The van der Waals surface area contributed by atoms with E-state index in [2.05, 4.69) is 42.1 Å². The maximum absolute atomic E-state index is 5.76. The van der Waals surface area contributed by atoms with Crippen LogP contribution >= 0.6 is 11.3 Å². The zero-order chi connectivity index (χ0) is 13.1. The van der Waals surface area contributed by atoms with Crippen molar-refractivity contribution >= 4 is 33.3 Å². The van der Waals surface area contributed by atoms with Gasteiger partial charge in [0, 0.05) is 11.4 Å². The number of nitrogens with zero attached hydrogens (tertiary/aromatic N) is 2. The minimum atomic E-state index is 0.346. The minimum Gasteiger partial charge on any atom is -0.369 e. The summed E-state index contributed by atoms with van der Waals surface area (Å²) in [5.74, 6) is 1.84. The maximum atomic E-state index is 5.76. The van der Waals surface area contributed by atoms with Crippen LogP contribution in [0.3, 0.4) is 0 Å². The van der Waals surface area contributed by atoms with E-state index in [1.54, 1.807) is 11.3 Å². The third-order valence-corrected chi connectivity index (χ3v) is 4.30. The Balaban J connectivity index is 2.32. The van der Waals surface area contributed by atoms with Gasteiger partial charge in [0.2, 0.25) is 5.95 Å². The molecule has 0 bridgehead atoms. The molecular formula is C13H20N4S. The molecule has 5 heteroatoms. The lowest BCUT2D eigenvalue weighted by Gasteiger charge is -2.11. The summed E-state index contributed by atoms with van der Waals surface area (Å²) in [6, 6.07) is 2.17. The molecule has 2 aromatic rings. The Bertz CT molecular complexity index is 535. The largest absolute Gasteiger partial charge is 0.369 e. The molecule has 18 heavy (non-hydrogen) atoms. The highest BCUT2D eigenvalue weighted by molar-refractivity contribution is 7.18. The van der Waals surface area contributed by atoms with Gasteiger partial charge in [-0.1, -0.05) is 27.2 Å². The van der Waals surface area contributed by atoms with Gasteiger partial charge in [-0.3, -0.25) is 0 Å². The summed E-state index contributed by atoms with van der Waals surface area (Å²) in [5, 5.41) is 4.48. The molecule has 1 unspecified atom stereocenters. The summed E-state index contributed by atoms with van der Waals surface area (Å²) in [6.45, 7) is 7.48. The monoisotopic (exact) mass is 264 g/mol. The van der Waals surface area contributed by atoms with E-state index >= 15 is 0 Å². The second-order valence-electron chi connectivity index (χ2n) is 4.61. The average Bonchev–Trinajstić information content (AvgIpc) is 2.78. The smallest absolute Gasteiger partial charge is 0.223 e. The third kappa shape index (κ3) is 2.72. The van der Waals surface area contributed by atoms with E-state index in [0.29, 0.717) is 11.9 Å². The summed E-state index contributed by atoms with van der Waals surface area (Å²) in [7, 11) is 0. The molecule has 98 valence electrons. The van der Waals surface area contributed by atoms with Crippen LogP contribution in [-0.4, -0.2) is 16.5 Å². The molecule has 2 heterocycles. The highest BCUT2D eigenvalue weighted by atomic mass is 32.1. The lowest BCUT2D eigenvalue weighted by Crippen LogP contribution is -2.12. The van der Waals surface area contributed by atoms with Crippen LogP contribution in [-0.2, 0) is 6.42 Å². The summed E-state index contributed by atoms with van der Waals surface area (Å²) < 4.78 is 0. The van der Waals surface area contributed by atoms with E-state index in [1.165, 1.54) is 4.88 Å². The molecule has 0 aliphatic heterocycles. The topological polar surface area (TPSA) is 63.8 Å². The summed E-state index contributed by atoms with van der Waals surface area (Å²) >= 11 is 1.69. The van der Waals surface area contributed by atoms with Gasteiger partial charge in [-0.25, -0.2) is 4.98 Å². The molecule has 3 N–H and O–H groups in total. The Hall–Kier alpha value is -1.36. The van der Waals surface area contributed by atoms with Gasteiger partial charge >= 0.3 is 0 Å². The van der Waals surface area contributed by atoms with E-state index in [1.807, 2.05) is 0 Å². The summed E-state index contributed by atoms with van der Waals surface area (Å²) in [4.78, 5) is 10.9. The van der Waals surface area contributed by atoms with Crippen molar-refractivity contribution < 1.29 is 0 Å². The van der Waals surface area contributed by atoms with Crippen molar-refractivity contribution in [2.45, 2.75) is 33.6 Å². The van der Waals surface area contributed by atoms with Crippen LogP contribution < -0.4 is 11.1 Å². The van der Waals surface area contributed by atoms with E-state index in [-0.39, 0.29) is 0 Å². The zero-order valence-electron chi connectivity index (χ0n) is 11.2. The molecule has 1 atom stereocenters. The van der Waals surface area contributed by atoms with Gasteiger partial charge in [-0.2, -0.15) is 4.98 Å². The van der Waals surface area contributed by atoms with Gasteiger partial charge in [0.15, 0.2) is 0 Å². The number of nitrogens with two attached hydrogens (primary N) is 1. The van der Waals surface area contributed by atoms with E-state index < -0.39 is 0 Å². The molecule has 0 aliphatic rings. The molecule has 0 amide bonds. The van der Waals surface area contributed by atoms with Crippen LogP contribution in [0.15, 0.2) is 6.07 Å². The molecule has 0 radical (unpaired) electrons. The lowest BCUT2D eigenvalue weighted by molar-refractivity contribution is 0.593. The number of nitrogens with one attached hydrogen (secondary N) is 1. The maximum Gasteiger partial charge on any atom is 0.223 e. The lowest BCUT2D eigenvalue weighted by atomic mass is 10.1. The number of thiophene rings is 1. The molecule has 2 aromatic heterocycles. The van der Waals surface area contributed by atoms with Crippen LogP contribution in [0.1, 0.15) is 32.1 Å². The van der Waals surface area contributed by atoms with Gasteiger partial charge in [-0.15, -0.1) is 11.3 Å². The van der Waals surface area contributed by atoms with E-state index in [0.717, 1.165) is 35.4 Å². The highest BCUT2D eigenvalue weighted by Gasteiger charge is 2.10. The minimum absolute atomic E-state index is 0.346. The molecule has 2 rings (SSSR count). The SMILES string of the molecule is CCc1cc2c(NCC(C)CC)nc(N)nc2s1. The number of fused-ring (bicyclic) bond motifs is 1. The second kappa shape index (κ2) is 5.52. The first-order chi connectivity index (χ1) is 8.63. The fourth-order valence-corrected chi connectivity index (χ4v) is 2.69. The van der Waals surface area contributed by atoms with Crippen molar-refractivity contribution in [1.29, 1.82) is 0 Å². The number of hydrogen-bond donors (Lipinski definition) is 2. The number of aromatic nitrogens is 2. The standard InChI is InChI=1S/C13H20N4S/c1-4-8(3)7-15-11-10-6-9(5-2)18-12(10)17-13(14)16-11/h6,8H,4-5,7H2,1-3H3,(H3,14,15,16,17).